The molecule has 0 amide bonds. The molecule has 0 aliphatic rings. The van der Waals surface area contributed by atoms with E-state index in [-0.39, 0.29) is 0 Å². The van der Waals surface area contributed by atoms with E-state index in [0.29, 0.717) is 5.92 Å². The lowest BCUT2D eigenvalue weighted by Gasteiger charge is -2.20. The maximum atomic E-state index is 6.23. The zero-order valence-corrected chi connectivity index (χ0v) is 12.8. The van der Waals surface area contributed by atoms with Crippen molar-refractivity contribution in [1.82, 2.24) is 0 Å². The van der Waals surface area contributed by atoms with Crippen LogP contribution in [-0.4, -0.2) is 16.8 Å². The van der Waals surface area contributed by atoms with Gasteiger partial charge in [-0.15, -0.1) is 0 Å². The Balaban J connectivity index is 3.24. The van der Waals surface area contributed by atoms with Gasteiger partial charge in [0.05, 0.1) is 10.7 Å². The van der Waals surface area contributed by atoms with Crippen molar-refractivity contribution in [2.24, 2.45) is 0 Å². The molecule has 0 bridgehead atoms. The lowest BCUT2D eigenvalue weighted by atomic mass is 9.96. The van der Waals surface area contributed by atoms with Crippen LogP contribution in [0.5, 0.6) is 0 Å². The Morgan fingerprint density at radius 3 is 2.60 bits per heavy atom. The summed E-state index contributed by atoms with van der Waals surface area (Å²) < 4.78 is 0. The average Bonchev–Trinajstić information content (AvgIpc) is 2.23. The molecule has 84 valence electrons. The van der Waals surface area contributed by atoms with Crippen molar-refractivity contribution >= 4 is 32.7 Å². The summed E-state index contributed by atoms with van der Waals surface area (Å²) in [4.78, 5) is 0. The van der Waals surface area contributed by atoms with Crippen molar-refractivity contribution in [2.75, 3.05) is 11.9 Å². The third-order valence-electron chi connectivity index (χ3n) is 2.87. The fraction of sp³-hybridized carbons (Fsp3) is 0.500. The van der Waals surface area contributed by atoms with Gasteiger partial charge in [0, 0.05) is 16.8 Å². The van der Waals surface area contributed by atoms with Crippen molar-refractivity contribution in [3.8, 4) is 0 Å². The van der Waals surface area contributed by atoms with Gasteiger partial charge >= 0.3 is 0 Å². The van der Waals surface area contributed by atoms with E-state index in [1.54, 1.807) is 0 Å². The number of hydrogen-bond acceptors (Lipinski definition) is 1. The molecule has 1 nitrogen and oxygen atoms in total. The van der Waals surface area contributed by atoms with Crippen molar-refractivity contribution in [2.45, 2.75) is 33.1 Å². The fourth-order valence-corrected chi connectivity index (χ4v) is 3.03. The Labute approximate surface area is 101 Å². The van der Waals surface area contributed by atoms with Crippen molar-refractivity contribution in [3.05, 3.63) is 22.7 Å². The number of nitrogens with one attached hydrogen (secondary N) is 1. The molecule has 0 radical (unpaired) electrons. The minimum absolute atomic E-state index is 0.588. The number of rotatable bonds is 4. The van der Waals surface area contributed by atoms with Gasteiger partial charge in [0.15, 0.2) is 0 Å². The van der Waals surface area contributed by atoms with Crippen molar-refractivity contribution in [1.29, 1.82) is 0 Å². The standard InChI is InChI=1S/C12H20ClNSi/c1-4-8(3)11-10(15)7-6-9(13)12(11)14-5-2/h6-8,14H,4-5H2,1-3,15H3. The lowest BCUT2D eigenvalue weighted by molar-refractivity contribution is 0.738. The molecule has 1 atom stereocenters. The highest BCUT2D eigenvalue weighted by Crippen LogP contribution is 2.31. The van der Waals surface area contributed by atoms with Gasteiger partial charge in [0.1, 0.15) is 0 Å². The number of anilines is 1. The number of halogens is 1. The monoisotopic (exact) mass is 241 g/mol. The van der Waals surface area contributed by atoms with Crippen LogP contribution < -0.4 is 10.5 Å². The molecule has 1 aromatic carbocycles. The molecule has 0 aliphatic carbocycles. The predicted octanol–water partition coefficient (Wildman–Crippen LogP) is 2.28. The van der Waals surface area contributed by atoms with E-state index in [2.05, 4.69) is 32.2 Å². The van der Waals surface area contributed by atoms with Crippen molar-refractivity contribution in [3.63, 3.8) is 0 Å². The van der Waals surface area contributed by atoms with E-state index in [1.807, 2.05) is 6.07 Å². The van der Waals surface area contributed by atoms with Gasteiger partial charge in [0.2, 0.25) is 0 Å². The second kappa shape index (κ2) is 5.57. The summed E-state index contributed by atoms with van der Waals surface area (Å²) in [7, 11) is 1.08. The van der Waals surface area contributed by atoms with Gasteiger partial charge < -0.3 is 5.32 Å². The van der Waals surface area contributed by atoms with Crippen LogP contribution in [0.3, 0.4) is 0 Å². The van der Waals surface area contributed by atoms with Crippen LogP contribution >= 0.6 is 11.6 Å². The Bertz CT molecular complexity index is 339. The molecular formula is C12H20ClNSi. The Kier molecular flexibility index (Phi) is 4.67. The summed E-state index contributed by atoms with van der Waals surface area (Å²) in [5.74, 6) is 0.588. The SMILES string of the molecule is CCNc1c(Cl)ccc([SiH3])c1C(C)CC. The summed E-state index contributed by atoms with van der Waals surface area (Å²) in [6, 6.07) is 4.17. The molecule has 0 fully saturated rings. The summed E-state index contributed by atoms with van der Waals surface area (Å²) >= 11 is 6.23. The highest BCUT2D eigenvalue weighted by molar-refractivity contribution is 6.37. The van der Waals surface area contributed by atoms with Crippen LogP contribution in [0.1, 0.15) is 38.7 Å². The molecule has 1 N–H and O–H groups in total. The predicted molar refractivity (Wildman–Crippen MR) is 73.9 cm³/mol. The first-order chi connectivity index (χ1) is 7.11. The molecule has 0 saturated carbocycles. The summed E-state index contributed by atoms with van der Waals surface area (Å²) in [6.45, 7) is 7.53. The van der Waals surface area contributed by atoms with Crippen LogP contribution in [0.25, 0.3) is 0 Å². The molecule has 0 heterocycles. The Morgan fingerprint density at radius 2 is 2.07 bits per heavy atom. The molecule has 15 heavy (non-hydrogen) atoms. The van der Waals surface area contributed by atoms with E-state index in [4.69, 9.17) is 11.6 Å². The van der Waals surface area contributed by atoms with E-state index in [1.165, 1.54) is 10.8 Å². The molecule has 0 spiro atoms. The normalized spacial score (nSPS) is 12.8. The first kappa shape index (κ1) is 12.6. The Hall–Kier alpha value is -0.473. The minimum atomic E-state index is 0.588. The van der Waals surface area contributed by atoms with Gasteiger partial charge in [-0.05, 0) is 30.9 Å². The van der Waals surface area contributed by atoms with Gasteiger partial charge in [-0.2, -0.15) is 0 Å². The average molecular weight is 242 g/mol. The topological polar surface area (TPSA) is 12.0 Å². The van der Waals surface area contributed by atoms with Crippen LogP contribution in [0.15, 0.2) is 12.1 Å². The van der Waals surface area contributed by atoms with Gasteiger partial charge in [0.25, 0.3) is 0 Å². The first-order valence-electron chi connectivity index (χ1n) is 5.64. The summed E-state index contributed by atoms with van der Waals surface area (Å²) in [5.41, 5.74) is 2.58. The quantitative estimate of drug-likeness (QED) is 0.798. The second-order valence-electron chi connectivity index (χ2n) is 3.99. The number of hydrogen-bond donors (Lipinski definition) is 1. The zero-order chi connectivity index (χ0) is 11.4. The molecule has 3 heteroatoms. The maximum Gasteiger partial charge on any atom is 0.0640 e. The minimum Gasteiger partial charge on any atom is -0.384 e. The largest absolute Gasteiger partial charge is 0.384 e. The molecular weight excluding hydrogens is 222 g/mol. The van der Waals surface area contributed by atoms with Crippen LogP contribution in [0.4, 0.5) is 5.69 Å². The van der Waals surface area contributed by atoms with E-state index < -0.39 is 0 Å². The third kappa shape index (κ3) is 2.76. The van der Waals surface area contributed by atoms with Gasteiger partial charge in [-0.1, -0.05) is 36.7 Å². The fourth-order valence-electron chi connectivity index (χ4n) is 1.89. The van der Waals surface area contributed by atoms with E-state index >= 15 is 0 Å². The maximum absolute atomic E-state index is 6.23. The van der Waals surface area contributed by atoms with Crippen molar-refractivity contribution < 1.29 is 0 Å². The second-order valence-corrected chi connectivity index (χ2v) is 5.48. The summed E-state index contributed by atoms with van der Waals surface area (Å²) in [6.07, 6.45) is 1.16. The lowest BCUT2D eigenvalue weighted by Crippen LogP contribution is -2.16. The van der Waals surface area contributed by atoms with Crippen LogP contribution in [0, 0.1) is 0 Å². The Morgan fingerprint density at radius 1 is 1.40 bits per heavy atom. The first-order valence-corrected chi connectivity index (χ1v) is 7.02. The van der Waals surface area contributed by atoms with E-state index in [0.717, 1.165) is 33.9 Å². The molecule has 1 unspecified atom stereocenters. The zero-order valence-electron chi connectivity index (χ0n) is 10.0. The number of benzene rings is 1. The van der Waals surface area contributed by atoms with E-state index in [9.17, 15) is 0 Å². The smallest absolute Gasteiger partial charge is 0.0640 e. The molecule has 1 rings (SSSR count). The van der Waals surface area contributed by atoms with Gasteiger partial charge in [-0.3, -0.25) is 0 Å². The van der Waals surface area contributed by atoms with Gasteiger partial charge in [-0.25, -0.2) is 0 Å². The third-order valence-corrected chi connectivity index (χ3v) is 4.06. The highest BCUT2D eigenvalue weighted by atomic mass is 35.5. The molecule has 0 aromatic heterocycles. The highest BCUT2D eigenvalue weighted by Gasteiger charge is 2.14. The van der Waals surface area contributed by atoms with Crippen LogP contribution in [-0.2, 0) is 0 Å². The molecule has 0 aliphatic heterocycles. The van der Waals surface area contributed by atoms with Crippen LogP contribution in [0.2, 0.25) is 5.02 Å². The molecule has 1 aromatic rings. The molecule has 0 saturated heterocycles. The summed E-state index contributed by atoms with van der Waals surface area (Å²) in [5, 5.41) is 5.71.